The minimum Gasteiger partial charge on any atom is -0.353 e. The summed E-state index contributed by atoms with van der Waals surface area (Å²) in [4.78, 5) is 22.4. The van der Waals surface area contributed by atoms with Crippen molar-refractivity contribution in [3.8, 4) is 5.00 Å². The van der Waals surface area contributed by atoms with Crippen LogP contribution in [0.5, 0.6) is 0 Å². The fourth-order valence-corrected chi connectivity index (χ4v) is 4.65. The Morgan fingerprint density at radius 1 is 0.893 bits per heavy atom. The molecule has 0 saturated carbocycles. The lowest BCUT2D eigenvalue weighted by atomic mass is 10.2. The van der Waals surface area contributed by atoms with Gasteiger partial charge in [0, 0.05) is 38.6 Å². The summed E-state index contributed by atoms with van der Waals surface area (Å²) in [5, 5.41) is 2.27. The third-order valence-corrected chi connectivity index (χ3v) is 6.25. The van der Waals surface area contributed by atoms with Gasteiger partial charge in [-0.1, -0.05) is 24.3 Å². The number of rotatable bonds is 3. The van der Waals surface area contributed by atoms with E-state index in [1.807, 2.05) is 53.6 Å². The van der Waals surface area contributed by atoms with E-state index in [9.17, 15) is 4.79 Å². The summed E-state index contributed by atoms with van der Waals surface area (Å²) < 4.78 is 2.15. The molecular weight excluding hydrogens is 368 g/mol. The molecule has 6 heteroatoms. The number of amides is 1. The maximum Gasteiger partial charge on any atom is 0.264 e. The highest BCUT2D eigenvalue weighted by molar-refractivity contribution is 7.16. The van der Waals surface area contributed by atoms with Crippen LogP contribution in [0.4, 0.5) is 5.82 Å². The summed E-state index contributed by atoms with van der Waals surface area (Å²) in [5.74, 6) is 1.10. The lowest BCUT2D eigenvalue weighted by Gasteiger charge is -2.35. The quantitative estimate of drug-likeness (QED) is 0.532. The molecule has 1 aliphatic rings. The molecule has 5 nitrogen and oxygen atoms in total. The highest BCUT2D eigenvalue weighted by Gasteiger charge is 2.24. The van der Waals surface area contributed by atoms with E-state index in [1.54, 1.807) is 11.3 Å². The molecule has 0 radical (unpaired) electrons. The predicted molar refractivity (Wildman–Crippen MR) is 114 cm³/mol. The lowest BCUT2D eigenvalue weighted by Crippen LogP contribution is -2.48. The van der Waals surface area contributed by atoms with Gasteiger partial charge in [0.2, 0.25) is 0 Å². The minimum atomic E-state index is 0.119. The molecule has 1 fully saturated rings. The highest BCUT2D eigenvalue weighted by atomic mass is 32.1. The molecule has 0 atom stereocenters. The number of nitrogens with zero attached hydrogens (tertiary/aromatic N) is 4. The number of hydrogen-bond acceptors (Lipinski definition) is 4. The molecule has 5 rings (SSSR count). The van der Waals surface area contributed by atoms with Crippen molar-refractivity contribution in [2.75, 3.05) is 31.1 Å². The van der Waals surface area contributed by atoms with E-state index in [0.29, 0.717) is 0 Å². The van der Waals surface area contributed by atoms with E-state index in [1.165, 1.54) is 5.39 Å². The molecule has 4 aromatic rings. The number of carbonyl (C=O) groups excluding carboxylic acids is 1. The average molecular weight is 388 g/mol. The van der Waals surface area contributed by atoms with E-state index >= 15 is 0 Å². The average Bonchev–Trinajstić information content (AvgIpc) is 3.41. The molecule has 0 bridgehead atoms. The van der Waals surface area contributed by atoms with Crippen LogP contribution >= 0.6 is 11.3 Å². The number of anilines is 1. The number of para-hydroxylation sites is 1. The molecule has 1 aliphatic heterocycles. The Bertz CT molecular complexity index is 1110. The molecule has 140 valence electrons. The zero-order valence-electron chi connectivity index (χ0n) is 15.4. The second-order valence-corrected chi connectivity index (χ2v) is 7.91. The van der Waals surface area contributed by atoms with Gasteiger partial charge in [0.15, 0.2) is 0 Å². The van der Waals surface area contributed by atoms with Crippen molar-refractivity contribution >= 4 is 34.0 Å². The molecule has 4 heterocycles. The van der Waals surface area contributed by atoms with Gasteiger partial charge in [0.25, 0.3) is 5.91 Å². The van der Waals surface area contributed by atoms with E-state index in [2.05, 4.69) is 38.8 Å². The Hall–Kier alpha value is -3.12. The summed E-state index contributed by atoms with van der Waals surface area (Å²) in [5.41, 5.74) is 1.16. The van der Waals surface area contributed by atoms with Crippen LogP contribution in [0, 0.1) is 0 Å². The minimum absolute atomic E-state index is 0.119. The van der Waals surface area contributed by atoms with Gasteiger partial charge in [-0.25, -0.2) is 4.98 Å². The molecule has 0 spiro atoms. The zero-order valence-corrected chi connectivity index (χ0v) is 16.2. The highest BCUT2D eigenvalue weighted by Crippen LogP contribution is 2.27. The van der Waals surface area contributed by atoms with Gasteiger partial charge in [0.05, 0.1) is 10.4 Å². The number of carbonyl (C=O) groups is 1. The van der Waals surface area contributed by atoms with Gasteiger partial charge in [0.1, 0.15) is 10.8 Å². The van der Waals surface area contributed by atoms with Crippen molar-refractivity contribution in [3.63, 3.8) is 0 Å². The van der Waals surface area contributed by atoms with Crippen LogP contribution < -0.4 is 4.90 Å². The molecule has 1 aromatic carbocycles. The molecule has 0 unspecified atom stereocenters. The van der Waals surface area contributed by atoms with Crippen LogP contribution in [-0.2, 0) is 0 Å². The van der Waals surface area contributed by atoms with Crippen molar-refractivity contribution in [2.45, 2.75) is 0 Å². The van der Waals surface area contributed by atoms with E-state index in [4.69, 9.17) is 0 Å². The van der Waals surface area contributed by atoms with Crippen LogP contribution in [0.2, 0.25) is 0 Å². The number of fused-ring (bicyclic) bond motifs is 1. The van der Waals surface area contributed by atoms with Gasteiger partial charge < -0.3 is 14.4 Å². The molecule has 1 saturated heterocycles. The monoisotopic (exact) mass is 388 g/mol. The molecule has 3 aromatic heterocycles. The summed E-state index contributed by atoms with van der Waals surface area (Å²) in [6, 6.07) is 20.3. The fraction of sp³-hybridized carbons (Fsp3) is 0.182. The molecule has 1 amide bonds. The lowest BCUT2D eigenvalue weighted by molar-refractivity contribution is 0.0751. The summed E-state index contributed by atoms with van der Waals surface area (Å²) >= 11 is 1.55. The second-order valence-electron chi connectivity index (χ2n) is 6.85. The largest absolute Gasteiger partial charge is 0.353 e. The second kappa shape index (κ2) is 7.13. The molecule has 0 N–H and O–H groups in total. The van der Waals surface area contributed by atoms with Crippen molar-refractivity contribution in [3.05, 3.63) is 77.9 Å². The summed E-state index contributed by atoms with van der Waals surface area (Å²) in [6.07, 6.45) is 3.88. The van der Waals surface area contributed by atoms with Gasteiger partial charge in [-0.3, -0.25) is 4.79 Å². The van der Waals surface area contributed by atoms with Gasteiger partial charge >= 0.3 is 0 Å². The maximum absolute atomic E-state index is 13.0. The predicted octanol–water partition coefficient (Wildman–Crippen LogP) is 4.05. The Morgan fingerprint density at radius 3 is 2.54 bits per heavy atom. The first kappa shape index (κ1) is 17.0. The number of pyridine rings is 1. The Balaban J connectivity index is 1.31. The van der Waals surface area contributed by atoms with Crippen molar-refractivity contribution in [1.82, 2.24) is 14.5 Å². The smallest absolute Gasteiger partial charge is 0.264 e. The standard InChI is InChI=1S/C22H20N4OS/c27-22(25-15-13-24(14-16-25)20-7-3-4-11-23-20)19-8-9-21(28-19)26-12-10-17-5-1-2-6-18(17)26/h1-12H,13-16H2. The Morgan fingerprint density at radius 2 is 1.71 bits per heavy atom. The molecule has 28 heavy (non-hydrogen) atoms. The SMILES string of the molecule is O=C(c1ccc(-n2ccc3ccccc32)s1)N1CCN(c2ccccn2)CC1. The van der Waals surface area contributed by atoms with E-state index in [0.717, 1.165) is 47.4 Å². The van der Waals surface area contributed by atoms with E-state index in [-0.39, 0.29) is 5.91 Å². The van der Waals surface area contributed by atoms with Crippen molar-refractivity contribution in [2.24, 2.45) is 0 Å². The van der Waals surface area contributed by atoms with Crippen LogP contribution in [0.3, 0.4) is 0 Å². The van der Waals surface area contributed by atoms with Crippen LogP contribution in [0.15, 0.2) is 73.1 Å². The Labute approximate surface area is 167 Å². The van der Waals surface area contributed by atoms with Crippen LogP contribution in [0.25, 0.3) is 15.9 Å². The third kappa shape index (κ3) is 3.05. The number of thiophene rings is 1. The van der Waals surface area contributed by atoms with Gasteiger partial charge in [-0.2, -0.15) is 0 Å². The first-order chi connectivity index (χ1) is 13.8. The van der Waals surface area contributed by atoms with Gasteiger partial charge in [-0.05, 0) is 41.8 Å². The molecular formula is C22H20N4OS. The van der Waals surface area contributed by atoms with Crippen molar-refractivity contribution < 1.29 is 4.79 Å². The first-order valence-corrected chi connectivity index (χ1v) is 10.2. The van der Waals surface area contributed by atoms with Gasteiger partial charge in [-0.15, -0.1) is 11.3 Å². The van der Waals surface area contributed by atoms with Crippen LogP contribution in [-0.4, -0.2) is 46.5 Å². The first-order valence-electron chi connectivity index (χ1n) is 9.41. The topological polar surface area (TPSA) is 41.4 Å². The zero-order chi connectivity index (χ0) is 18.9. The number of benzene rings is 1. The normalized spacial score (nSPS) is 14.6. The maximum atomic E-state index is 13.0. The third-order valence-electron chi connectivity index (χ3n) is 5.18. The fourth-order valence-electron chi connectivity index (χ4n) is 3.68. The number of hydrogen-bond donors (Lipinski definition) is 0. The van der Waals surface area contributed by atoms with Crippen LogP contribution in [0.1, 0.15) is 9.67 Å². The Kier molecular flexibility index (Phi) is 4.33. The summed E-state index contributed by atoms with van der Waals surface area (Å²) in [6.45, 7) is 3.05. The molecule has 0 aliphatic carbocycles. The summed E-state index contributed by atoms with van der Waals surface area (Å²) in [7, 11) is 0. The number of aromatic nitrogens is 2. The van der Waals surface area contributed by atoms with Crippen molar-refractivity contribution in [1.29, 1.82) is 0 Å². The van der Waals surface area contributed by atoms with E-state index < -0.39 is 0 Å². The number of piperazine rings is 1.